The molecule has 1 aliphatic carbocycles. The number of nitrogens with zero attached hydrogens (tertiary/aromatic N) is 1. The minimum Gasteiger partial charge on any atom is -0.426 e. The van der Waals surface area contributed by atoms with Crippen molar-refractivity contribution < 1.29 is 9.53 Å². The van der Waals surface area contributed by atoms with Crippen LogP contribution in [0.1, 0.15) is 96.5 Å². The number of benzene rings is 1. The van der Waals surface area contributed by atoms with Gasteiger partial charge in [0, 0.05) is 11.8 Å². The van der Waals surface area contributed by atoms with Gasteiger partial charge in [-0.2, -0.15) is 0 Å². The number of unbranched alkanes of at least 4 members (excludes halogenated alkanes) is 5. The van der Waals surface area contributed by atoms with E-state index in [1.54, 1.807) is 0 Å². The highest BCUT2D eigenvalue weighted by Gasteiger charge is 2.27. The molecule has 0 saturated heterocycles. The van der Waals surface area contributed by atoms with Gasteiger partial charge in [0.05, 0.1) is 11.6 Å². The average Bonchev–Trinajstić information content (AvgIpc) is 2.83. The molecule has 0 aliphatic heterocycles. The van der Waals surface area contributed by atoms with Gasteiger partial charge < -0.3 is 4.74 Å². The Kier molecular flexibility index (Phi) is 10.3. The molecule has 1 heterocycles. The molecule has 0 spiro atoms. The highest BCUT2D eigenvalue weighted by Crippen LogP contribution is 2.33. The van der Waals surface area contributed by atoms with Crippen LogP contribution in [-0.4, -0.2) is 11.0 Å². The number of carbonyl (C=O) groups excluding carboxylic acids is 1. The lowest BCUT2D eigenvalue weighted by atomic mass is 9.80. The fourth-order valence-electron chi connectivity index (χ4n) is 4.76. The molecule has 0 amide bonds. The van der Waals surface area contributed by atoms with Crippen LogP contribution in [0.3, 0.4) is 0 Å². The molecule has 1 saturated carbocycles. The second-order valence-corrected chi connectivity index (χ2v) is 9.52. The largest absolute Gasteiger partial charge is 0.426 e. The average molecular weight is 436 g/mol. The summed E-state index contributed by atoms with van der Waals surface area (Å²) in [5, 5.41) is 0. The van der Waals surface area contributed by atoms with Gasteiger partial charge in [-0.05, 0) is 80.3 Å². The van der Waals surface area contributed by atoms with Crippen LogP contribution < -0.4 is 4.74 Å². The van der Waals surface area contributed by atoms with Gasteiger partial charge >= 0.3 is 5.97 Å². The molecule has 0 N–H and O–H groups in total. The summed E-state index contributed by atoms with van der Waals surface area (Å²) in [5.74, 6) is 1.44. The summed E-state index contributed by atoms with van der Waals surface area (Å²) < 4.78 is 5.71. The standard InChI is InChI=1S/C29H41NO2/c1-3-5-7-9-10-23-12-15-26(16-13-23)29(31)32-27-19-17-25(18-20-27)28-21-14-24(22-30-28)11-8-6-4-2/h14,17-23,26H,3-13,15-16H2,1-2H3. The smallest absolute Gasteiger partial charge is 0.314 e. The van der Waals surface area contributed by atoms with Gasteiger partial charge in [-0.3, -0.25) is 9.78 Å². The number of ether oxygens (including phenoxy) is 1. The fourth-order valence-corrected chi connectivity index (χ4v) is 4.76. The maximum Gasteiger partial charge on any atom is 0.314 e. The van der Waals surface area contributed by atoms with Crippen molar-refractivity contribution in [3.63, 3.8) is 0 Å². The Morgan fingerprint density at radius 2 is 1.59 bits per heavy atom. The Hall–Kier alpha value is -2.16. The molecular formula is C29H41NO2. The lowest BCUT2D eigenvalue weighted by Gasteiger charge is -2.27. The lowest BCUT2D eigenvalue weighted by Crippen LogP contribution is -2.25. The predicted molar refractivity (Wildman–Crippen MR) is 133 cm³/mol. The van der Waals surface area contributed by atoms with E-state index in [2.05, 4.69) is 31.0 Å². The topological polar surface area (TPSA) is 39.2 Å². The zero-order valence-corrected chi connectivity index (χ0v) is 20.2. The van der Waals surface area contributed by atoms with E-state index in [9.17, 15) is 4.79 Å². The molecule has 3 rings (SSSR count). The summed E-state index contributed by atoms with van der Waals surface area (Å²) in [6.45, 7) is 4.48. The Bertz CT molecular complexity index is 789. The fraction of sp³-hybridized carbons (Fsp3) is 0.586. The van der Waals surface area contributed by atoms with Crippen LogP contribution in [0.15, 0.2) is 42.6 Å². The van der Waals surface area contributed by atoms with Gasteiger partial charge in [0.15, 0.2) is 0 Å². The molecule has 1 aliphatic rings. The number of carbonyl (C=O) groups is 1. The molecule has 3 nitrogen and oxygen atoms in total. The van der Waals surface area contributed by atoms with E-state index in [-0.39, 0.29) is 11.9 Å². The van der Waals surface area contributed by atoms with Crippen molar-refractivity contribution in [1.29, 1.82) is 0 Å². The normalized spacial score (nSPS) is 18.4. The van der Waals surface area contributed by atoms with Gasteiger partial charge in [-0.1, -0.05) is 64.9 Å². The van der Waals surface area contributed by atoms with Gasteiger partial charge in [-0.25, -0.2) is 0 Å². The molecule has 0 radical (unpaired) electrons. The Morgan fingerprint density at radius 1 is 0.875 bits per heavy atom. The number of hydrogen-bond acceptors (Lipinski definition) is 3. The summed E-state index contributed by atoms with van der Waals surface area (Å²) in [6.07, 6.45) is 17.8. The van der Waals surface area contributed by atoms with E-state index < -0.39 is 0 Å². The van der Waals surface area contributed by atoms with Crippen LogP contribution in [0.4, 0.5) is 0 Å². The molecule has 174 valence electrons. The quantitative estimate of drug-likeness (QED) is 0.192. The van der Waals surface area contributed by atoms with E-state index >= 15 is 0 Å². The van der Waals surface area contributed by atoms with Gasteiger partial charge in [0.25, 0.3) is 0 Å². The third-order valence-corrected chi connectivity index (χ3v) is 6.91. The van der Waals surface area contributed by atoms with Crippen LogP contribution in [0.2, 0.25) is 0 Å². The Labute approximate surface area is 195 Å². The molecule has 32 heavy (non-hydrogen) atoms. The third-order valence-electron chi connectivity index (χ3n) is 6.91. The van der Waals surface area contributed by atoms with E-state index in [0.717, 1.165) is 36.4 Å². The number of aromatic nitrogens is 1. The highest BCUT2D eigenvalue weighted by molar-refractivity contribution is 5.75. The minimum absolute atomic E-state index is 0.0586. The molecule has 1 aromatic heterocycles. The highest BCUT2D eigenvalue weighted by atomic mass is 16.5. The minimum atomic E-state index is -0.0586. The van der Waals surface area contributed by atoms with Crippen molar-refractivity contribution in [3.05, 3.63) is 48.2 Å². The molecule has 3 heteroatoms. The van der Waals surface area contributed by atoms with Crippen LogP contribution >= 0.6 is 0 Å². The van der Waals surface area contributed by atoms with E-state index in [4.69, 9.17) is 4.74 Å². The number of rotatable bonds is 12. The molecule has 0 bridgehead atoms. The molecule has 0 unspecified atom stereocenters. The van der Waals surface area contributed by atoms with Gasteiger partial charge in [-0.15, -0.1) is 0 Å². The summed E-state index contributed by atoms with van der Waals surface area (Å²) in [6, 6.07) is 12.0. The Balaban J connectivity index is 1.44. The van der Waals surface area contributed by atoms with Crippen molar-refractivity contribution in [2.45, 2.75) is 97.3 Å². The summed E-state index contributed by atoms with van der Waals surface area (Å²) in [5.41, 5.74) is 3.30. The van der Waals surface area contributed by atoms with Crippen LogP contribution in [-0.2, 0) is 11.2 Å². The summed E-state index contributed by atoms with van der Waals surface area (Å²) >= 11 is 0. The number of hydrogen-bond donors (Lipinski definition) is 0. The van der Waals surface area contributed by atoms with Crippen molar-refractivity contribution in [1.82, 2.24) is 4.98 Å². The van der Waals surface area contributed by atoms with Gasteiger partial charge in [0.2, 0.25) is 0 Å². The van der Waals surface area contributed by atoms with Crippen molar-refractivity contribution in [3.8, 4) is 17.0 Å². The van der Waals surface area contributed by atoms with Crippen LogP contribution in [0.25, 0.3) is 11.3 Å². The molecule has 1 fully saturated rings. The maximum atomic E-state index is 12.6. The lowest BCUT2D eigenvalue weighted by molar-refractivity contribution is -0.140. The van der Waals surface area contributed by atoms with E-state index in [1.165, 1.54) is 69.8 Å². The van der Waals surface area contributed by atoms with Crippen molar-refractivity contribution in [2.24, 2.45) is 11.8 Å². The van der Waals surface area contributed by atoms with Crippen molar-refractivity contribution >= 4 is 5.97 Å². The summed E-state index contributed by atoms with van der Waals surface area (Å²) in [4.78, 5) is 17.3. The predicted octanol–water partition coefficient (Wildman–Crippen LogP) is 8.16. The zero-order valence-electron chi connectivity index (χ0n) is 20.2. The molecular weight excluding hydrogens is 394 g/mol. The third kappa shape index (κ3) is 7.76. The molecule has 2 aromatic rings. The molecule has 0 atom stereocenters. The number of aryl methyl sites for hydroxylation is 1. The first-order valence-corrected chi connectivity index (χ1v) is 13.0. The Morgan fingerprint density at radius 3 is 2.25 bits per heavy atom. The van der Waals surface area contributed by atoms with Crippen molar-refractivity contribution in [2.75, 3.05) is 0 Å². The number of pyridine rings is 1. The zero-order chi connectivity index (χ0) is 22.6. The second kappa shape index (κ2) is 13.4. The maximum absolute atomic E-state index is 12.6. The van der Waals surface area contributed by atoms with E-state index in [1.807, 2.05) is 30.5 Å². The summed E-state index contributed by atoms with van der Waals surface area (Å²) in [7, 11) is 0. The van der Waals surface area contributed by atoms with Crippen LogP contribution in [0, 0.1) is 11.8 Å². The second-order valence-electron chi connectivity index (χ2n) is 9.52. The SMILES string of the molecule is CCCCCCC1CCC(C(=O)Oc2ccc(-c3ccc(CCCCC)cn3)cc2)CC1. The van der Waals surface area contributed by atoms with Gasteiger partial charge in [0.1, 0.15) is 5.75 Å². The van der Waals surface area contributed by atoms with E-state index in [0.29, 0.717) is 5.75 Å². The first-order valence-electron chi connectivity index (χ1n) is 13.0. The monoisotopic (exact) mass is 435 g/mol. The molecule has 1 aromatic carbocycles. The first-order chi connectivity index (χ1) is 15.7. The first kappa shape index (κ1) is 24.5. The van der Waals surface area contributed by atoms with Crippen LogP contribution in [0.5, 0.6) is 5.75 Å². The number of esters is 1.